The summed E-state index contributed by atoms with van der Waals surface area (Å²) in [6, 6.07) is 9.91. The molecule has 1 N–H and O–H groups in total. The van der Waals surface area contributed by atoms with Crippen LogP contribution in [-0.2, 0) is 13.6 Å². The van der Waals surface area contributed by atoms with E-state index in [-0.39, 0.29) is 18.2 Å². The molecule has 0 saturated heterocycles. The normalized spacial score (nSPS) is 10.1. The van der Waals surface area contributed by atoms with Gasteiger partial charge in [0.05, 0.1) is 5.69 Å². The summed E-state index contributed by atoms with van der Waals surface area (Å²) < 4.78 is 20.8. The molecule has 24 heavy (non-hydrogen) atoms. The van der Waals surface area contributed by atoms with Gasteiger partial charge in [-0.1, -0.05) is 6.07 Å². The minimum absolute atomic E-state index is 0. The first-order chi connectivity index (χ1) is 11.1. The van der Waals surface area contributed by atoms with Gasteiger partial charge in [0.2, 0.25) is 5.88 Å². The van der Waals surface area contributed by atoms with Crippen molar-refractivity contribution in [1.29, 1.82) is 0 Å². The average molecular weight is 349 g/mol. The quantitative estimate of drug-likeness (QED) is 0.754. The zero-order valence-corrected chi connectivity index (χ0v) is 14.2. The second kappa shape index (κ2) is 7.79. The number of nitrogens with one attached hydrogen (secondary N) is 1. The van der Waals surface area contributed by atoms with Crippen LogP contribution >= 0.6 is 12.4 Å². The molecule has 7 heteroatoms. The van der Waals surface area contributed by atoms with Crippen LogP contribution in [0, 0.1) is 12.7 Å². The molecule has 5 nitrogen and oxygen atoms in total. The van der Waals surface area contributed by atoms with Gasteiger partial charge in [0, 0.05) is 32.1 Å². The minimum Gasteiger partial charge on any atom is -0.437 e. The molecule has 0 aliphatic rings. The molecule has 0 fully saturated rings. The monoisotopic (exact) mass is 348 g/mol. The zero-order chi connectivity index (χ0) is 16.2. The summed E-state index contributed by atoms with van der Waals surface area (Å²) in [6.45, 7) is 2.52. The van der Waals surface area contributed by atoms with Crippen molar-refractivity contribution in [2.45, 2.75) is 13.5 Å². The molecular formula is C17H18ClFN4O. The van der Waals surface area contributed by atoms with Gasteiger partial charge in [-0.2, -0.15) is 5.10 Å². The van der Waals surface area contributed by atoms with Gasteiger partial charge in [0.1, 0.15) is 17.3 Å². The van der Waals surface area contributed by atoms with Crippen LogP contribution in [-0.4, -0.2) is 14.8 Å². The lowest BCUT2D eigenvalue weighted by molar-refractivity contribution is 0.428. The van der Waals surface area contributed by atoms with E-state index in [0.717, 1.165) is 16.9 Å². The lowest BCUT2D eigenvalue weighted by atomic mass is 10.2. The van der Waals surface area contributed by atoms with Crippen LogP contribution in [0.5, 0.6) is 11.6 Å². The third-order valence-electron chi connectivity index (χ3n) is 3.40. The van der Waals surface area contributed by atoms with Crippen LogP contribution in [0.4, 0.5) is 10.1 Å². The number of aromatic nitrogens is 3. The molecule has 0 bridgehead atoms. The van der Waals surface area contributed by atoms with Crippen LogP contribution in [0.25, 0.3) is 0 Å². The first kappa shape index (κ1) is 17.7. The van der Waals surface area contributed by atoms with Crippen molar-refractivity contribution in [3.8, 4) is 11.6 Å². The fourth-order valence-corrected chi connectivity index (χ4v) is 2.29. The summed E-state index contributed by atoms with van der Waals surface area (Å²) in [5, 5.41) is 7.69. The number of anilines is 1. The van der Waals surface area contributed by atoms with Gasteiger partial charge in [-0.15, -0.1) is 12.4 Å². The third-order valence-corrected chi connectivity index (χ3v) is 3.40. The lowest BCUT2D eigenvalue weighted by Gasteiger charge is -2.11. The molecule has 0 spiro atoms. The Balaban J connectivity index is 0.00000208. The number of benzene rings is 1. The van der Waals surface area contributed by atoms with E-state index in [1.165, 1.54) is 12.1 Å². The highest BCUT2D eigenvalue weighted by atomic mass is 35.5. The van der Waals surface area contributed by atoms with Crippen LogP contribution in [0.2, 0.25) is 0 Å². The van der Waals surface area contributed by atoms with Crippen molar-refractivity contribution >= 4 is 18.1 Å². The molecule has 0 radical (unpaired) electrons. The number of halogens is 2. The Morgan fingerprint density at radius 3 is 2.67 bits per heavy atom. The Morgan fingerprint density at radius 2 is 1.96 bits per heavy atom. The molecule has 0 aliphatic heterocycles. The van der Waals surface area contributed by atoms with Crippen LogP contribution in [0.15, 0.2) is 48.8 Å². The maximum absolute atomic E-state index is 13.3. The van der Waals surface area contributed by atoms with E-state index >= 15 is 0 Å². The molecule has 0 saturated carbocycles. The fourth-order valence-electron chi connectivity index (χ4n) is 2.29. The van der Waals surface area contributed by atoms with E-state index in [1.54, 1.807) is 36.3 Å². The Bertz CT molecular complexity index is 808. The number of rotatable bonds is 5. The molecule has 2 aromatic heterocycles. The predicted octanol–water partition coefficient (Wildman–Crippen LogP) is 4.09. The van der Waals surface area contributed by atoms with Crippen molar-refractivity contribution in [2.75, 3.05) is 5.32 Å². The number of hydrogen-bond acceptors (Lipinski definition) is 4. The van der Waals surface area contributed by atoms with Crippen LogP contribution in [0.3, 0.4) is 0 Å². The van der Waals surface area contributed by atoms with Crippen LogP contribution < -0.4 is 10.1 Å². The highest BCUT2D eigenvalue weighted by molar-refractivity contribution is 5.85. The fraction of sp³-hybridized carbons (Fsp3) is 0.176. The van der Waals surface area contributed by atoms with Crippen molar-refractivity contribution in [3.05, 3.63) is 65.9 Å². The first-order valence-electron chi connectivity index (χ1n) is 7.23. The van der Waals surface area contributed by atoms with Crippen molar-refractivity contribution < 1.29 is 9.13 Å². The largest absolute Gasteiger partial charge is 0.437 e. The van der Waals surface area contributed by atoms with Crippen molar-refractivity contribution in [1.82, 2.24) is 14.8 Å². The lowest BCUT2D eigenvalue weighted by Crippen LogP contribution is -2.02. The number of ether oxygens (including phenoxy) is 1. The van der Waals surface area contributed by atoms with Gasteiger partial charge in [-0.3, -0.25) is 4.98 Å². The summed E-state index contributed by atoms with van der Waals surface area (Å²) in [7, 11) is 1.79. The van der Waals surface area contributed by atoms with E-state index in [2.05, 4.69) is 15.4 Å². The predicted molar refractivity (Wildman–Crippen MR) is 93.2 cm³/mol. The summed E-state index contributed by atoms with van der Waals surface area (Å²) >= 11 is 0. The molecule has 1 aromatic carbocycles. The number of pyridine rings is 1. The third kappa shape index (κ3) is 4.02. The summed E-state index contributed by atoms with van der Waals surface area (Å²) in [4.78, 5) is 4.00. The van der Waals surface area contributed by atoms with E-state index < -0.39 is 0 Å². The SMILES string of the molecule is Cc1nn(C)c(Oc2cccc(F)c2)c1NCc1ccncc1.Cl. The van der Waals surface area contributed by atoms with Crippen LogP contribution in [0.1, 0.15) is 11.3 Å². The maximum atomic E-state index is 13.3. The molecule has 126 valence electrons. The molecule has 3 rings (SSSR count). The van der Waals surface area contributed by atoms with Gasteiger partial charge < -0.3 is 10.1 Å². The van der Waals surface area contributed by atoms with Crippen molar-refractivity contribution in [3.63, 3.8) is 0 Å². The smallest absolute Gasteiger partial charge is 0.241 e. The van der Waals surface area contributed by atoms with E-state index in [1.807, 2.05) is 19.1 Å². The summed E-state index contributed by atoms with van der Waals surface area (Å²) in [5.41, 5.74) is 2.70. The van der Waals surface area contributed by atoms with Gasteiger partial charge in [-0.05, 0) is 36.8 Å². The molecule has 2 heterocycles. The Labute approximate surface area is 145 Å². The van der Waals surface area contributed by atoms with E-state index in [9.17, 15) is 4.39 Å². The standard InChI is InChI=1S/C17H17FN4O.ClH/c1-12-16(20-11-13-6-8-19-9-7-13)17(22(2)21-12)23-15-5-3-4-14(18)10-15;/h3-10,20H,11H2,1-2H3;1H. The van der Waals surface area contributed by atoms with Gasteiger partial charge >= 0.3 is 0 Å². The number of nitrogens with zero attached hydrogens (tertiary/aromatic N) is 3. The Hall–Kier alpha value is -2.60. The van der Waals surface area contributed by atoms with E-state index in [0.29, 0.717) is 18.2 Å². The average Bonchev–Trinajstić information content (AvgIpc) is 2.80. The first-order valence-corrected chi connectivity index (χ1v) is 7.23. The van der Waals surface area contributed by atoms with Crippen molar-refractivity contribution in [2.24, 2.45) is 7.05 Å². The highest BCUT2D eigenvalue weighted by Crippen LogP contribution is 2.32. The molecule has 0 aliphatic carbocycles. The van der Waals surface area contributed by atoms with E-state index in [4.69, 9.17) is 4.74 Å². The molecule has 0 atom stereocenters. The Morgan fingerprint density at radius 1 is 1.21 bits per heavy atom. The van der Waals surface area contributed by atoms with Gasteiger partial charge in [0.15, 0.2) is 0 Å². The second-order valence-corrected chi connectivity index (χ2v) is 5.16. The molecular weight excluding hydrogens is 331 g/mol. The summed E-state index contributed by atoms with van der Waals surface area (Å²) in [5.74, 6) is 0.634. The molecule has 0 amide bonds. The van der Waals surface area contributed by atoms with Gasteiger partial charge in [0.25, 0.3) is 0 Å². The highest BCUT2D eigenvalue weighted by Gasteiger charge is 2.15. The topological polar surface area (TPSA) is 52.0 Å². The zero-order valence-electron chi connectivity index (χ0n) is 13.4. The Kier molecular flexibility index (Phi) is 5.76. The molecule has 0 unspecified atom stereocenters. The summed E-state index contributed by atoms with van der Waals surface area (Å²) in [6.07, 6.45) is 3.49. The number of hydrogen-bond donors (Lipinski definition) is 1. The van der Waals surface area contributed by atoms with Gasteiger partial charge in [-0.25, -0.2) is 9.07 Å². The second-order valence-electron chi connectivity index (χ2n) is 5.16. The molecule has 3 aromatic rings. The minimum atomic E-state index is -0.340. The maximum Gasteiger partial charge on any atom is 0.241 e. The number of aryl methyl sites for hydroxylation is 2.